The topological polar surface area (TPSA) is 30.5 Å². The number of ether oxygens (including phenoxy) is 2. The fourth-order valence-electron chi connectivity index (χ4n) is 1.80. The van der Waals surface area contributed by atoms with E-state index in [1.807, 2.05) is 0 Å². The van der Waals surface area contributed by atoms with E-state index in [4.69, 9.17) is 9.47 Å². The molecule has 102 valence electrons. The van der Waals surface area contributed by atoms with Gasteiger partial charge in [-0.1, -0.05) is 23.8 Å². The van der Waals surface area contributed by atoms with Crippen molar-refractivity contribution in [3.63, 3.8) is 0 Å². The molecule has 0 saturated carbocycles. The molecule has 1 rings (SSSR count). The van der Waals surface area contributed by atoms with Gasteiger partial charge in [0, 0.05) is 20.2 Å². The smallest absolute Gasteiger partial charge is 0.0591 e. The molecule has 0 heterocycles. The molecule has 0 aliphatic rings. The molecule has 0 spiro atoms. The van der Waals surface area contributed by atoms with Crippen LogP contribution in [-0.4, -0.2) is 40.0 Å². The van der Waals surface area contributed by atoms with E-state index in [9.17, 15) is 0 Å². The molecule has 0 atom stereocenters. The number of aryl methyl sites for hydroxylation is 2. The third-order valence-electron chi connectivity index (χ3n) is 2.93. The van der Waals surface area contributed by atoms with E-state index < -0.39 is 0 Å². The summed E-state index contributed by atoms with van der Waals surface area (Å²) in [4.78, 5) is 0. The first-order chi connectivity index (χ1) is 8.74. The number of rotatable bonds is 9. The Morgan fingerprint density at radius 3 is 2.61 bits per heavy atom. The lowest BCUT2D eigenvalue weighted by molar-refractivity contribution is 0.135. The Balaban J connectivity index is 2.09. The Bertz CT molecular complexity index is 339. The van der Waals surface area contributed by atoms with Crippen molar-refractivity contribution < 1.29 is 9.47 Å². The highest BCUT2D eigenvalue weighted by Crippen LogP contribution is 2.11. The van der Waals surface area contributed by atoms with E-state index in [2.05, 4.69) is 37.4 Å². The minimum atomic E-state index is 0.752. The van der Waals surface area contributed by atoms with Gasteiger partial charge >= 0.3 is 0 Å². The number of hydrogen-bond acceptors (Lipinski definition) is 3. The van der Waals surface area contributed by atoms with Crippen LogP contribution >= 0.6 is 0 Å². The molecule has 0 bridgehead atoms. The largest absolute Gasteiger partial charge is 0.383 e. The summed E-state index contributed by atoms with van der Waals surface area (Å²) in [6.45, 7) is 8.35. The first-order valence-corrected chi connectivity index (χ1v) is 6.57. The van der Waals surface area contributed by atoms with Gasteiger partial charge < -0.3 is 14.8 Å². The average Bonchev–Trinajstić information content (AvgIpc) is 2.36. The van der Waals surface area contributed by atoms with Gasteiger partial charge in [0.2, 0.25) is 0 Å². The Hall–Kier alpha value is -0.900. The van der Waals surface area contributed by atoms with Gasteiger partial charge in [-0.3, -0.25) is 0 Å². The van der Waals surface area contributed by atoms with Crippen molar-refractivity contribution in [2.24, 2.45) is 0 Å². The first-order valence-electron chi connectivity index (χ1n) is 6.57. The van der Waals surface area contributed by atoms with Crippen molar-refractivity contribution in [3.8, 4) is 0 Å². The Morgan fingerprint density at radius 1 is 1.06 bits per heavy atom. The van der Waals surface area contributed by atoms with Crippen LogP contribution in [0.4, 0.5) is 0 Å². The van der Waals surface area contributed by atoms with Crippen molar-refractivity contribution in [1.82, 2.24) is 5.32 Å². The zero-order chi connectivity index (χ0) is 13.2. The number of nitrogens with one attached hydrogen (secondary N) is 1. The molecule has 0 amide bonds. The predicted octanol–water partition coefficient (Wildman–Crippen LogP) is 2.10. The molecule has 0 unspecified atom stereocenters. The van der Waals surface area contributed by atoms with Gasteiger partial charge in [-0.05, 0) is 31.4 Å². The molecule has 18 heavy (non-hydrogen) atoms. The number of hydrogen-bond donors (Lipinski definition) is 1. The molecule has 0 aliphatic carbocycles. The van der Waals surface area contributed by atoms with Crippen LogP contribution in [-0.2, 0) is 15.9 Å². The zero-order valence-electron chi connectivity index (χ0n) is 11.8. The summed E-state index contributed by atoms with van der Waals surface area (Å²) in [6.07, 6.45) is 0.992. The minimum absolute atomic E-state index is 0.752. The van der Waals surface area contributed by atoms with Crippen LogP contribution in [0.1, 0.15) is 16.7 Å². The molecular weight excluding hydrogens is 226 g/mol. The molecule has 3 heteroatoms. The number of benzene rings is 1. The fourth-order valence-corrected chi connectivity index (χ4v) is 1.80. The zero-order valence-corrected chi connectivity index (χ0v) is 11.8. The molecule has 1 aromatic rings. The van der Waals surface area contributed by atoms with E-state index in [1.165, 1.54) is 16.7 Å². The average molecular weight is 251 g/mol. The normalized spacial score (nSPS) is 10.8. The minimum Gasteiger partial charge on any atom is -0.383 e. The second-order valence-corrected chi connectivity index (χ2v) is 4.54. The molecule has 3 nitrogen and oxygen atoms in total. The maximum atomic E-state index is 5.61. The third-order valence-corrected chi connectivity index (χ3v) is 2.93. The summed E-state index contributed by atoms with van der Waals surface area (Å²) >= 11 is 0. The quantitative estimate of drug-likeness (QED) is 0.682. The maximum absolute atomic E-state index is 5.61. The van der Waals surface area contributed by atoms with Gasteiger partial charge in [0.15, 0.2) is 0 Å². The van der Waals surface area contributed by atoms with Gasteiger partial charge in [0.05, 0.1) is 19.8 Å². The van der Waals surface area contributed by atoms with Gasteiger partial charge in [0.1, 0.15) is 0 Å². The highest BCUT2D eigenvalue weighted by atomic mass is 16.5. The van der Waals surface area contributed by atoms with Crippen molar-refractivity contribution in [1.29, 1.82) is 0 Å². The lowest BCUT2D eigenvalue weighted by Gasteiger charge is -2.08. The Labute approximate surface area is 110 Å². The fraction of sp³-hybridized carbons (Fsp3) is 0.600. The van der Waals surface area contributed by atoms with Gasteiger partial charge in [0.25, 0.3) is 0 Å². The van der Waals surface area contributed by atoms with Crippen LogP contribution in [0.25, 0.3) is 0 Å². The van der Waals surface area contributed by atoms with Crippen LogP contribution in [0.15, 0.2) is 18.2 Å². The van der Waals surface area contributed by atoms with Crippen molar-refractivity contribution in [3.05, 3.63) is 34.9 Å². The molecule has 1 aromatic carbocycles. The van der Waals surface area contributed by atoms with Crippen LogP contribution in [0, 0.1) is 13.8 Å². The monoisotopic (exact) mass is 251 g/mol. The van der Waals surface area contributed by atoms with Crippen molar-refractivity contribution in [2.75, 3.05) is 40.0 Å². The highest BCUT2D eigenvalue weighted by molar-refractivity contribution is 5.30. The summed E-state index contributed by atoms with van der Waals surface area (Å²) in [5, 5.41) is 3.26. The third kappa shape index (κ3) is 6.15. The van der Waals surface area contributed by atoms with E-state index in [1.54, 1.807) is 7.11 Å². The Morgan fingerprint density at radius 2 is 1.83 bits per heavy atom. The van der Waals surface area contributed by atoms with E-state index in [0.717, 1.165) is 39.3 Å². The second-order valence-electron chi connectivity index (χ2n) is 4.54. The van der Waals surface area contributed by atoms with E-state index in [-0.39, 0.29) is 0 Å². The lowest BCUT2D eigenvalue weighted by Crippen LogP contribution is -2.23. The highest BCUT2D eigenvalue weighted by Gasteiger charge is 1.98. The standard InChI is InChI=1S/C15H25NO2/c1-13-4-5-14(2)15(12-13)6-9-18-11-8-16-7-10-17-3/h4-5,12,16H,6-11H2,1-3H3. The summed E-state index contributed by atoms with van der Waals surface area (Å²) < 4.78 is 10.6. The summed E-state index contributed by atoms with van der Waals surface area (Å²) in [6, 6.07) is 6.58. The predicted molar refractivity (Wildman–Crippen MR) is 75.2 cm³/mol. The van der Waals surface area contributed by atoms with Gasteiger partial charge in [-0.25, -0.2) is 0 Å². The van der Waals surface area contributed by atoms with Crippen LogP contribution in [0.5, 0.6) is 0 Å². The van der Waals surface area contributed by atoms with Crippen LogP contribution in [0.3, 0.4) is 0 Å². The van der Waals surface area contributed by atoms with Crippen molar-refractivity contribution >= 4 is 0 Å². The molecule has 0 saturated heterocycles. The molecule has 0 radical (unpaired) electrons. The summed E-state index contributed by atoms with van der Waals surface area (Å²) in [5.41, 5.74) is 4.06. The second kappa shape index (κ2) is 9.09. The first kappa shape index (κ1) is 15.2. The maximum Gasteiger partial charge on any atom is 0.0591 e. The SMILES string of the molecule is COCCNCCOCCc1cc(C)ccc1C. The van der Waals surface area contributed by atoms with Crippen LogP contribution < -0.4 is 5.32 Å². The van der Waals surface area contributed by atoms with Gasteiger partial charge in [-0.15, -0.1) is 0 Å². The summed E-state index contributed by atoms with van der Waals surface area (Å²) in [7, 11) is 1.71. The number of methoxy groups -OCH3 is 1. The van der Waals surface area contributed by atoms with Crippen molar-refractivity contribution in [2.45, 2.75) is 20.3 Å². The van der Waals surface area contributed by atoms with E-state index >= 15 is 0 Å². The molecular formula is C15H25NO2. The van der Waals surface area contributed by atoms with E-state index in [0.29, 0.717) is 0 Å². The molecule has 1 N–H and O–H groups in total. The van der Waals surface area contributed by atoms with Gasteiger partial charge in [-0.2, -0.15) is 0 Å². The Kier molecular flexibility index (Phi) is 7.65. The lowest BCUT2D eigenvalue weighted by atomic mass is 10.0. The summed E-state index contributed by atoms with van der Waals surface area (Å²) in [5.74, 6) is 0. The molecule has 0 fully saturated rings. The molecule has 0 aromatic heterocycles. The van der Waals surface area contributed by atoms with Crippen LogP contribution in [0.2, 0.25) is 0 Å². The molecule has 0 aliphatic heterocycles.